The van der Waals surface area contributed by atoms with E-state index in [9.17, 15) is 9.79 Å². The van der Waals surface area contributed by atoms with E-state index in [-0.39, 0.29) is 36.8 Å². The molecule has 0 aliphatic rings. The predicted octanol–water partition coefficient (Wildman–Crippen LogP) is 3.27. The molecule has 0 aliphatic carbocycles. The first-order valence-corrected chi connectivity index (χ1v) is 10.2. The molecule has 0 radical (unpaired) electrons. The first-order chi connectivity index (χ1) is 9.85. The molecule has 22 heavy (non-hydrogen) atoms. The van der Waals surface area contributed by atoms with Crippen molar-refractivity contribution in [3.63, 3.8) is 0 Å². The molecule has 0 heterocycles. The second-order valence-corrected chi connectivity index (χ2v) is 10.1. The fourth-order valence-corrected chi connectivity index (χ4v) is 6.45. The number of nitriles is 1. The van der Waals surface area contributed by atoms with Crippen molar-refractivity contribution in [2.45, 2.75) is 86.0 Å². The topological polar surface area (TPSA) is 80.0 Å². The van der Waals surface area contributed by atoms with Crippen LogP contribution in [0, 0.1) is 11.3 Å². The van der Waals surface area contributed by atoms with Gasteiger partial charge in [0.25, 0.3) is 0 Å². The van der Waals surface area contributed by atoms with Gasteiger partial charge in [-0.2, -0.15) is 0 Å². The normalized spacial score (nSPS) is 15.1. The SMILES string of the molecule is CC(C)N(OP(O)(O)(CCC#N)N(C(C)C)C(C)C)C(C)C. The molecule has 0 bridgehead atoms. The molecule has 0 saturated heterocycles. The molecule has 7 heteroatoms. The third kappa shape index (κ3) is 5.42. The van der Waals surface area contributed by atoms with Gasteiger partial charge >= 0.3 is 135 Å². The minimum absolute atomic E-state index is 0.0101. The van der Waals surface area contributed by atoms with Crippen LogP contribution < -0.4 is 0 Å². The maximum atomic E-state index is 11.3. The number of hydroxylamine groups is 2. The van der Waals surface area contributed by atoms with E-state index in [0.717, 1.165) is 0 Å². The van der Waals surface area contributed by atoms with E-state index in [2.05, 4.69) is 0 Å². The van der Waals surface area contributed by atoms with Crippen LogP contribution >= 0.6 is 7.43 Å². The molecular weight excluding hydrogens is 301 g/mol. The Morgan fingerprint density at radius 1 is 0.909 bits per heavy atom. The van der Waals surface area contributed by atoms with Gasteiger partial charge in [-0.25, -0.2) is 0 Å². The Morgan fingerprint density at radius 3 is 1.59 bits per heavy atom. The van der Waals surface area contributed by atoms with Crippen LogP contribution in [0.25, 0.3) is 0 Å². The van der Waals surface area contributed by atoms with Gasteiger partial charge in [-0.3, -0.25) is 0 Å². The van der Waals surface area contributed by atoms with Crippen LogP contribution in [0.15, 0.2) is 0 Å². The molecule has 2 N–H and O–H groups in total. The van der Waals surface area contributed by atoms with Crippen molar-refractivity contribution in [3.05, 3.63) is 0 Å². The van der Waals surface area contributed by atoms with E-state index in [1.165, 1.54) is 0 Å². The van der Waals surface area contributed by atoms with Gasteiger partial charge in [0, 0.05) is 0 Å². The molecule has 0 aromatic carbocycles. The Labute approximate surface area is 135 Å². The first-order valence-electron chi connectivity index (χ1n) is 8.01. The zero-order chi connectivity index (χ0) is 17.7. The summed E-state index contributed by atoms with van der Waals surface area (Å²) in [6.45, 7) is 15.4. The summed E-state index contributed by atoms with van der Waals surface area (Å²) in [5.74, 6) is 0. The molecule has 0 aromatic heterocycles. The standard InChI is InChI=1S/C15H34N3O3P/c1-12(2)17(13(3)4)21-22(19,20,11-9-10-16)18(14(5)6)15(7)8/h12-15,19-20H,9,11H2,1-8H3. The number of hydrogen-bond donors (Lipinski definition) is 2. The Hall–Kier alpha value is -0.280. The van der Waals surface area contributed by atoms with Crippen LogP contribution in [0.2, 0.25) is 0 Å². The molecule has 0 fully saturated rings. The van der Waals surface area contributed by atoms with Crippen molar-refractivity contribution in [1.29, 1.82) is 5.26 Å². The van der Waals surface area contributed by atoms with Crippen molar-refractivity contribution < 1.29 is 14.4 Å². The van der Waals surface area contributed by atoms with Gasteiger partial charge in [0.2, 0.25) is 0 Å². The first kappa shape index (κ1) is 21.7. The van der Waals surface area contributed by atoms with Crippen molar-refractivity contribution in [3.8, 4) is 6.07 Å². The Bertz CT molecular complexity index is 376. The van der Waals surface area contributed by atoms with Crippen LogP contribution in [-0.4, -0.2) is 49.8 Å². The summed E-state index contributed by atoms with van der Waals surface area (Å²) >= 11 is 0. The van der Waals surface area contributed by atoms with Crippen molar-refractivity contribution in [2.24, 2.45) is 0 Å². The Kier molecular flexibility index (Phi) is 7.91. The second kappa shape index (κ2) is 8.01. The van der Waals surface area contributed by atoms with Gasteiger partial charge in [0.1, 0.15) is 0 Å². The van der Waals surface area contributed by atoms with Crippen LogP contribution in [0.4, 0.5) is 0 Å². The Morgan fingerprint density at radius 2 is 1.32 bits per heavy atom. The van der Waals surface area contributed by atoms with E-state index in [1.807, 2.05) is 61.5 Å². The van der Waals surface area contributed by atoms with Crippen LogP contribution in [0.3, 0.4) is 0 Å². The van der Waals surface area contributed by atoms with E-state index >= 15 is 0 Å². The molecule has 0 aliphatic heterocycles. The van der Waals surface area contributed by atoms with Gasteiger partial charge in [-0.15, -0.1) is 0 Å². The molecular formula is C15H34N3O3P. The molecule has 0 saturated carbocycles. The van der Waals surface area contributed by atoms with Crippen molar-refractivity contribution >= 4 is 7.43 Å². The summed E-state index contributed by atoms with van der Waals surface area (Å²) < 4.78 is 7.51. The number of rotatable bonds is 9. The quantitative estimate of drug-likeness (QED) is 0.497. The van der Waals surface area contributed by atoms with Crippen molar-refractivity contribution in [1.82, 2.24) is 9.73 Å². The van der Waals surface area contributed by atoms with Gasteiger partial charge in [0.05, 0.1) is 0 Å². The van der Waals surface area contributed by atoms with E-state index in [1.54, 1.807) is 9.73 Å². The van der Waals surface area contributed by atoms with Gasteiger partial charge in [-0.1, -0.05) is 0 Å². The second-order valence-electron chi connectivity index (χ2n) is 6.89. The van der Waals surface area contributed by atoms with Crippen LogP contribution in [0.1, 0.15) is 61.8 Å². The molecule has 6 nitrogen and oxygen atoms in total. The molecule has 0 atom stereocenters. The van der Waals surface area contributed by atoms with Crippen LogP contribution in [-0.2, 0) is 4.62 Å². The summed E-state index contributed by atoms with van der Waals surface area (Å²) in [7, 11) is -4.67. The monoisotopic (exact) mass is 335 g/mol. The zero-order valence-corrected chi connectivity index (χ0v) is 16.2. The van der Waals surface area contributed by atoms with E-state index in [4.69, 9.17) is 9.89 Å². The number of hydrogen-bond acceptors (Lipinski definition) is 6. The predicted molar refractivity (Wildman–Crippen MR) is 91.8 cm³/mol. The minimum atomic E-state index is -4.67. The molecule has 0 aromatic rings. The average Bonchev–Trinajstić information content (AvgIpc) is 2.32. The molecule has 0 rings (SSSR count). The van der Waals surface area contributed by atoms with Crippen molar-refractivity contribution in [2.75, 3.05) is 6.16 Å². The van der Waals surface area contributed by atoms with E-state index < -0.39 is 7.43 Å². The average molecular weight is 335 g/mol. The zero-order valence-electron chi connectivity index (χ0n) is 15.3. The fourth-order valence-electron chi connectivity index (χ4n) is 2.95. The summed E-state index contributed by atoms with van der Waals surface area (Å²) in [5.41, 5.74) is 0. The summed E-state index contributed by atoms with van der Waals surface area (Å²) in [4.78, 5) is 22.5. The van der Waals surface area contributed by atoms with Gasteiger partial charge < -0.3 is 0 Å². The fraction of sp³-hybridized carbons (Fsp3) is 0.933. The molecule has 0 spiro atoms. The molecule has 0 amide bonds. The molecule has 0 unspecified atom stereocenters. The number of nitrogens with zero attached hydrogens (tertiary/aromatic N) is 3. The Balaban J connectivity index is 5.85. The summed E-state index contributed by atoms with van der Waals surface area (Å²) in [6.07, 6.45) is -0.0564. The molecule has 132 valence electrons. The third-order valence-corrected chi connectivity index (χ3v) is 6.80. The summed E-state index contributed by atoms with van der Waals surface area (Å²) in [5, 5.41) is 10.5. The van der Waals surface area contributed by atoms with Crippen LogP contribution in [0.5, 0.6) is 0 Å². The maximum absolute atomic E-state index is 11.3. The van der Waals surface area contributed by atoms with E-state index in [0.29, 0.717) is 0 Å². The van der Waals surface area contributed by atoms with Gasteiger partial charge in [-0.05, 0) is 0 Å². The van der Waals surface area contributed by atoms with Gasteiger partial charge in [0.15, 0.2) is 0 Å². The third-order valence-electron chi connectivity index (χ3n) is 3.42. The summed E-state index contributed by atoms with van der Waals surface area (Å²) in [6, 6.07) is 1.74.